The summed E-state index contributed by atoms with van der Waals surface area (Å²) < 4.78 is 5.87. The number of hydrogen-bond donors (Lipinski definition) is 3. The van der Waals surface area contributed by atoms with Gasteiger partial charge in [-0.15, -0.1) is 0 Å². The number of hydrogen-bond acceptors (Lipinski definition) is 4. The maximum atomic E-state index is 9.89. The average Bonchev–Trinajstić information content (AvgIpc) is 2.83. The molecule has 0 heterocycles. The average molecular weight is 604 g/mol. The maximum absolute atomic E-state index is 9.89. The summed E-state index contributed by atoms with van der Waals surface area (Å²) in [6, 6.07) is 3.56. The largest absolute Gasteiger partial charge is 0.504 e. The van der Waals surface area contributed by atoms with Gasteiger partial charge in [0.05, 0.1) is 16.9 Å². The van der Waals surface area contributed by atoms with Crippen molar-refractivity contribution in [2.45, 2.75) is 110 Å². The molecule has 34 heavy (non-hydrogen) atoms. The molecule has 0 radical (unpaired) electrons. The number of unbranched alkanes of at least 4 members (excludes halogenated alkanes) is 15. The van der Waals surface area contributed by atoms with Gasteiger partial charge in [0.1, 0.15) is 0 Å². The van der Waals surface area contributed by atoms with Crippen LogP contribution in [0.4, 0.5) is 0 Å². The highest BCUT2D eigenvalue weighted by Crippen LogP contribution is 2.31. The van der Waals surface area contributed by atoms with Crippen molar-refractivity contribution in [3.63, 3.8) is 0 Å². The van der Waals surface area contributed by atoms with E-state index in [0.717, 1.165) is 18.5 Å². The number of ether oxygens (including phenoxy) is 1. The van der Waals surface area contributed by atoms with Gasteiger partial charge in [-0.3, -0.25) is 5.43 Å². The van der Waals surface area contributed by atoms with Crippen molar-refractivity contribution in [1.29, 1.82) is 0 Å². The predicted octanol–water partition coefficient (Wildman–Crippen LogP) is 8.06. The van der Waals surface area contributed by atoms with Gasteiger partial charge >= 0.3 is 0 Å². The van der Waals surface area contributed by atoms with Gasteiger partial charge in [-0.1, -0.05) is 103 Å². The minimum atomic E-state index is 0.143. The van der Waals surface area contributed by atoms with Gasteiger partial charge < -0.3 is 15.2 Å². The molecule has 7 heteroatoms. The first-order valence-electron chi connectivity index (χ1n) is 13.2. The van der Waals surface area contributed by atoms with Crippen LogP contribution in [0.25, 0.3) is 0 Å². The van der Waals surface area contributed by atoms with Crippen LogP contribution in [0.5, 0.6) is 11.5 Å². The topological polar surface area (TPSA) is 65.9 Å². The number of nitrogens with zero attached hydrogens (tertiary/aromatic N) is 1. The second kappa shape index (κ2) is 21.2. The molecule has 0 unspecified atom stereocenters. The monoisotopic (exact) mass is 603 g/mol. The van der Waals surface area contributed by atoms with Gasteiger partial charge in [-0.25, -0.2) is 0 Å². The number of thiocarbonyl (C=S) groups is 1. The summed E-state index contributed by atoms with van der Waals surface area (Å²) in [5.41, 5.74) is 3.67. The number of phenolic OH excluding ortho intramolecular Hbond substituents is 1. The van der Waals surface area contributed by atoms with Crippen molar-refractivity contribution in [1.82, 2.24) is 10.7 Å². The fourth-order valence-corrected chi connectivity index (χ4v) is 4.68. The van der Waals surface area contributed by atoms with Crippen LogP contribution >= 0.6 is 34.8 Å². The second-order valence-corrected chi connectivity index (χ2v) is 10.6. The fraction of sp³-hybridized carbons (Fsp3) is 0.704. The molecule has 0 saturated carbocycles. The van der Waals surface area contributed by atoms with Gasteiger partial charge in [0.2, 0.25) is 0 Å². The number of aromatic hydroxyl groups is 1. The van der Waals surface area contributed by atoms with E-state index in [9.17, 15) is 5.11 Å². The first-order valence-corrected chi connectivity index (χ1v) is 14.7. The number of nitrogens with one attached hydrogen (secondary N) is 2. The standard InChI is InChI=1S/C27H46IN3O2S/c1-3-4-5-6-7-8-9-10-11-12-13-14-15-16-17-18-19-29-27(34)31-30-22-23-20-24(28)26(32)25(21-23)33-2/h20-22,32H,3-19H2,1-2H3,(H2,29,31,34)/b30-22-. The van der Waals surface area contributed by atoms with Crippen LogP contribution in [0.3, 0.4) is 0 Å². The Labute approximate surface area is 227 Å². The third-order valence-corrected chi connectivity index (χ3v) is 7.02. The van der Waals surface area contributed by atoms with Crippen molar-refractivity contribution in [2.75, 3.05) is 13.7 Å². The molecule has 1 rings (SSSR count). The Bertz CT molecular complexity index is 701. The molecule has 0 amide bonds. The molecule has 5 nitrogen and oxygen atoms in total. The van der Waals surface area contributed by atoms with E-state index in [2.05, 4.69) is 45.4 Å². The molecule has 0 saturated heterocycles. The summed E-state index contributed by atoms with van der Waals surface area (Å²) in [4.78, 5) is 0. The molecular weight excluding hydrogens is 557 g/mol. The van der Waals surface area contributed by atoms with Crippen LogP contribution in [-0.2, 0) is 0 Å². The van der Waals surface area contributed by atoms with Crippen molar-refractivity contribution in [3.8, 4) is 11.5 Å². The summed E-state index contributed by atoms with van der Waals surface area (Å²) in [6.07, 6.45) is 23.7. The summed E-state index contributed by atoms with van der Waals surface area (Å²) in [7, 11) is 1.53. The minimum absolute atomic E-state index is 0.143. The van der Waals surface area contributed by atoms with E-state index in [1.165, 1.54) is 103 Å². The molecule has 0 spiro atoms. The smallest absolute Gasteiger partial charge is 0.186 e. The van der Waals surface area contributed by atoms with Gasteiger partial charge in [-0.05, 0) is 58.9 Å². The molecule has 0 bridgehead atoms. The highest BCUT2D eigenvalue weighted by Gasteiger charge is 2.07. The summed E-state index contributed by atoms with van der Waals surface area (Å²) in [6.45, 7) is 3.15. The van der Waals surface area contributed by atoms with Gasteiger partial charge in [0, 0.05) is 6.54 Å². The lowest BCUT2D eigenvalue weighted by Crippen LogP contribution is -2.32. The zero-order valence-electron chi connectivity index (χ0n) is 21.3. The molecular formula is C27H46IN3O2S. The summed E-state index contributed by atoms with van der Waals surface area (Å²) >= 11 is 7.33. The molecule has 0 atom stereocenters. The second-order valence-electron chi connectivity index (χ2n) is 8.98. The van der Waals surface area contributed by atoms with Crippen LogP contribution in [0.1, 0.15) is 115 Å². The number of benzene rings is 1. The van der Waals surface area contributed by atoms with Crippen molar-refractivity contribution in [2.24, 2.45) is 5.10 Å². The lowest BCUT2D eigenvalue weighted by molar-refractivity contribution is 0.371. The van der Waals surface area contributed by atoms with E-state index in [1.807, 2.05) is 6.07 Å². The van der Waals surface area contributed by atoms with Crippen LogP contribution in [0, 0.1) is 3.57 Å². The molecule has 1 aromatic rings. The lowest BCUT2D eigenvalue weighted by atomic mass is 10.0. The van der Waals surface area contributed by atoms with Gasteiger partial charge in [0.15, 0.2) is 16.6 Å². The van der Waals surface area contributed by atoms with Crippen LogP contribution in [-0.4, -0.2) is 30.1 Å². The summed E-state index contributed by atoms with van der Waals surface area (Å²) in [5, 5.41) is 17.8. The zero-order valence-corrected chi connectivity index (χ0v) is 24.3. The van der Waals surface area contributed by atoms with E-state index in [1.54, 1.807) is 12.3 Å². The van der Waals surface area contributed by atoms with Crippen molar-refractivity contribution < 1.29 is 9.84 Å². The Morgan fingerprint density at radius 3 is 1.91 bits per heavy atom. The van der Waals surface area contributed by atoms with Gasteiger partial charge in [0.25, 0.3) is 0 Å². The Morgan fingerprint density at radius 2 is 1.41 bits per heavy atom. The third kappa shape index (κ3) is 15.7. The van der Waals surface area contributed by atoms with Crippen LogP contribution < -0.4 is 15.5 Å². The highest BCUT2D eigenvalue weighted by atomic mass is 127. The van der Waals surface area contributed by atoms with Crippen molar-refractivity contribution >= 4 is 46.1 Å². The molecule has 194 valence electrons. The predicted molar refractivity (Wildman–Crippen MR) is 158 cm³/mol. The Hall–Kier alpha value is -1.09. The molecule has 3 N–H and O–H groups in total. The first-order chi connectivity index (χ1) is 16.6. The zero-order chi connectivity index (χ0) is 24.9. The quantitative estimate of drug-likeness (QED) is 0.0463. The Balaban J connectivity index is 1.92. The van der Waals surface area contributed by atoms with E-state index in [0.29, 0.717) is 14.4 Å². The summed E-state index contributed by atoms with van der Waals surface area (Å²) in [5.74, 6) is 0.571. The lowest BCUT2D eigenvalue weighted by Gasteiger charge is -2.08. The Kier molecular flexibility index (Phi) is 19.3. The number of halogens is 1. The first kappa shape index (κ1) is 30.9. The molecule has 0 aliphatic rings. The van der Waals surface area contributed by atoms with E-state index in [-0.39, 0.29) is 5.75 Å². The molecule has 0 aliphatic heterocycles. The fourth-order valence-electron chi connectivity index (χ4n) is 3.90. The van der Waals surface area contributed by atoms with E-state index in [4.69, 9.17) is 17.0 Å². The number of phenols is 1. The normalized spacial score (nSPS) is 11.1. The van der Waals surface area contributed by atoms with Gasteiger partial charge in [-0.2, -0.15) is 5.10 Å². The molecule has 0 aromatic heterocycles. The molecule has 1 aromatic carbocycles. The number of methoxy groups -OCH3 is 1. The number of hydrazone groups is 1. The number of rotatable bonds is 20. The third-order valence-electron chi connectivity index (χ3n) is 5.97. The molecule has 0 fully saturated rings. The van der Waals surface area contributed by atoms with Crippen molar-refractivity contribution in [3.05, 3.63) is 21.3 Å². The Morgan fingerprint density at radius 1 is 0.912 bits per heavy atom. The van der Waals surface area contributed by atoms with Crippen LogP contribution in [0.15, 0.2) is 17.2 Å². The maximum Gasteiger partial charge on any atom is 0.186 e. The highest BCUT2D eigenvalue weighted by molar-refractivity contribution is 14.1. The SMILES string of the molecule is CCCCCCCCCCCCCCCCCCNC(=S)N/N=C\c1cc(I)c(O)c(OC)c1. The van der Waals surface area contributed by atoms with Crippen LogP contribution in [0.2, 0.25) is 0 Å². The van der Waals surface area contributed by atoms with E-state index < -0.39 is 0 Å². The molecule has 0 aliphatic carbocycles. The van der Waals surface area contributed by atoms with E-state index >= 15 is 0 Å². The minimum Gasteiger partial charge on any atom is -0.504 e.